The van der Waals surface area contributed by atoms with E-state index in [1.165, 1.54) is 11.3 Å². The Balaban J connectivity index is 1.40. The molecule has 0 radical (unpaired) electrons. The summed E-state index contributed by atoms with van der Waals surface area (Å²) in [6.07, 6.45) is 7.84. The van der Waals surface area contributed by atoms with Gasteiger partial charge in [-0.3, -0.25) is 14.6 Å². The number of aryl methyl sites for hydroxylation is 2. The molecule has 1 aliphatic heterocycles. The number of benzene rings is 1. The molecule has 2 aromatic heterocycles. The van der Waals surface area contributed by atoms with Gasteiger partial charge in [0.25, 0.3) is 11.8 Å². The minimum Gasteiger partial charge on any atom is -0.358 e. The third kappa shape index (κ3) is 4.48. The van der Waals surface area contributed by atoms with Crippen molar-refractivity contribution in [1.29, 1.82) is 0 Å². The Labute approximate surface area is 183 Å². The molecular weight excluding hydrogens is 388 g/mol. The van der Waals surface area contributed by atoms with Crippen LogP contribution in [-0.4, -0.2) is 45.8 Å². The van der Waals surface area contributed by atoms with E-state index in [1.54, 1.807) is 24.5 Å². The molecule has 0 spiro atoms. The van der Waals surface area contributed by atoms with Crippen LogP contribution in [0.2, 0.25) is 0 Å². The van der Waals surface area contributed by atoms with Crippen LogP contribution >= 0.6 is 0 Å². The van der Waals surface area contributed by atoms with Gasteiger partial charge in [-0.05, 0) is 61.6 Å². The molecule has 1 aliphatic rings. The first-order valence-corrected chi connectivity index (χ1v) is 11.2. The van der Waals surface area contributed by atoms with Crippen molar-refractivity contribution in [1.82, 2.24) is 20.2 Å². The third-order valence-electron chi connectivity index (χ3n) is 6.14. The highest BCUT2D eigenvalue weighted by Crippen LogP contribution is 2.25. The number of carbonyl (C=O) groups excluding carboxylic acids is 2. The lowest BCUT2D eigenvalue weighted by atomic mass is 10.0. The van der Waals surface area contributed by atoms with Gasteiger partial charge in [0.2, 0.25) is 0 Å². The van der Waals surface area contributed by atoms with E-state index in [0.29, 0.717) is 24.2 Å². The van der Waals surface area contributed by atoms with Crippen molar-refractivity contribution in [2.45, 2.75) is 52.0 Å². The fraction of sp³-hybridized carbons (Fsp3) is 0.400. The predicted molar refractivity (Wildman–Crippen MR) is 122 cm³/mol. The summed E-state index contributed by atoms with van der Waals surface area (Å²) in [5, 5.41) is 4.32. The van der Waals surface area contributed by atoms with Gasteiger partial charge in [0.1, 0.15) is 0 Å². The minimum atomic E-state index is -0.0424. The van der Waals surface area contributed by atoms with Gasteiger partial charge in [-0.1, -0.05) is 20.3 Å². The van der Waals surface area contributed by atoms with Crippen molar-refractivity contribution in [2.75, 3.05) is 13.1 Å². The molecule has 3 heterocycles. The van der Waals surface area contributed by atoms with Gasteiger partial charge in [0, 0.05) is 53.7 Å². The molecular formula is C25H30N4O2. The molecule has 3 aromatic rings. The van der Waals surface area contributed by atoms with Crippen LogP contribution in [0, 0.1) is 0 Å². The molecule has 1 fully saturated rings. The molecule has 0 saturated carbocycles. The number of hydrogen-bond acceptors (Lipinski definition) is 3. The van der Waals surface area contributed by atoms with Crippen molar-refractivity contribution in [3.05, 3.63) is 65.1 Å². The number of likely N-dealkylation sites (tertiary alicyclic amines) is 1. The zero-order valence-electron chi connectivity index (χ0n) is 18.3. The van der Waals surface area contributed by atoms with Gasteiger partial charge in [0.05, 0.1) is 5.56 Å². The van der Waals surface area contributed by atoms with Gasteiger partial charge in [-0.25, -0.2) is 0 Å². The van der Waals surface area contributed by atoms with Crippen LogP contribution in [0.5, 0.6) is 0 Å². The van der Waals surface area contributed by atoms with Gasteiger partial charge in [0.15, 0.2) is 0 Å². The number of hydrogen-bond donors (Lipinski definition) is 2. The standard InChI is InChI=1S/C25H30N4O2/c1-3-6-22-20(4-2)21-15-17(8-9-23(21)28-22)24(30)27-19-10-13-29(14-11-19)25(31)18-7-5-12-26-16-18/h5,7-9,12,15-16,19,28H,3-4,6,10-11,13-14H2,1-2H3,(H,27,30). The fourth-order valence-corrected chi connectivity index (χ4v) is 4.48. The molecule has 31 heavy (non-hydrogen) atoms. The minimum absolute atomic E-state index is 0.00534. The molecule has 0 atom stereocenters. The van der Waals surface area contributed by atoms with Crippen LogP contribution in [0.4, 0.5) is 0 Å². The Morgan fingerprint density at radius 1 is 1.16 bits per heavy atom. The first kappa shape index (κ1) is 21.1. The molecule has 6 heteroatoms. The number of rotatable bonds is 6. The number of nitrogens with one attached hydrogen (secondary N) is 2. The summed E-state index contributed by atoms with van der Waals surface area (Å²) in [7, 11) is 0. The molecule has 0 bridgehead atoms. The summed E-state index contributed by atoms with van der Waals surface area (Å²) in [4.78, 5) is 34.9. The van der Waals surface area contributed by atoms with E-state index in [4.69, 9.17) is 0 Å². The number of nitrogens with zero attached hydrogens (tertiary/aromatic N) is 2. The van der Waals surface area contributed by atoms with Crippen LogP contribution in [0.3, 0.4) is 0 Å². The molecule has 2 N–H and O–H groups in total. The lowest BCUT2D eigenvalue weighted by molar-refractivity contribution is 0.0697. The largest absolute Gasteiger partial charge is 0.358 e. The number of pyridine rings is 1. The SMILES string of the molecule is CCCc1[nH]c2ccc(C(=O)NC3CCN(C(=O)c4cccnc4)CC3)cc2c1CC. The Hall–Kier alpha value is -3.15. The summed E-state index contributed by atoms with van der Waals surface area (Å²) in [6.45, 7) is 5.61. The summed E-state index contributed by atoms with van der Waals surface area (Å²) in [5.74, 6) is -0.0370. The summed E-state index contributed by atoms with van der Waals surface area (Å²) in [5.41, 5.74) is 4.99. The Kier molecular flexibility index (Phi) is 6.35. The molecule has 4 rings (SSSR count). The lowest BCUT2D eigenvalue weighted by Crippen LogP contribution is -2.46. The quantitative estimate of drug-likeness (QED) is 0.632. The van der Waals surface area contributed by atoms with Crippen LogP contribution in [0.15, 0.2) is 42.7 Å². The average molecular weight is 419 g/mol. The molecule has 162 valence electrons. The van der Waals surface area contributed by atoms with E-state index in [1.807, 2.05) is 23.1 Å². The normalized spacial score (nSPS) is 14.7. The van der Waals surface area contributed by atoms with Crippen molar-refractivity contribution in [2.24, 2.45) is 0 Å². The first-order chi connectivity index (χ1) is 15.1. The maximum atomic E-state index is 12.9. The van der Waals surface area contributed by atoms with E-state index in [2.05, 4.69) is 29.1 Å². The number of carbonyl (C=O) groups is 2. The topological polar surface area (TPSA) is 78.1 Å². The lowest BCUT2D eigenvalue weighted by Gasteiger charge is -2.32. The fourth-order valence-electron chi connectivity index (χ4n) is 4.48. The van der Waals surface area contributed by atoms with E-state index in [-0.39, 0.29) is 17.9 Å². The van der Waals surface area contributed by atoms with E-state index < -0.39 is 0 Å². The maximum Gasteiger partial charge on any atom is 0.255 e. The van der Waals surface area contributed by atoms with Crippen molar-refractivity contribution in [3.63, 3.8) is 0 Å². The Bertz CT molecular complexity index is 1070. The van der Waals surface area contributed by atoms with E-state index in [9.17, 15) is 9.59 Å². The molecule has 0 unspecified atom stereocenters. The summed E-state index contributed by atoms with van der Waals surface area (Å²) < 4.78 is 0. The smallest absolute Gasteiger partial charge is 0.255 e. The zero-order chi connectivity index (χ0) is 21.8. The maximum absolute atomic E-state index is 12.9. The highest BCUT2D eigenvalue weighted by Gasteiger charge is 2.25. The number of fused-ring (bicyclic) bond motifs is 1. The van der Waals surface area contributed by atoms with Crippen molar-refractivity contribution < 1.29 is 9.59 Å². The molecule has 1 aromatic carbocycles. The van der Waals surface area contributed by atoms with Gasteiger partial charge >= 0.3 is 0 Å². The number of aromatic nitrogens is 2. The average Bonchev–Trinajstić information content (AvgIpc) is 3.16. The van der Waals surface area contributed by atoms with Gasteiger partial charge < -0.3 is 15.2 Å². The second kappa shape index (κ2) is 9.33. The number of amides is 2. The highest BCUT2D eigenvalue weighted by atomic mass is 16.2. The van der Waals surface area contributed by atoms with Crippen molar-refractivity contribution >= 4 is 22.7 Å². The van der Waals surface area contributed by atoms with Crippen LogP contribution in [0.25, 0.3) is 10.9 Å². The van der Waals surface area contributed by atoms with Crippen LogP contribution in [-0.2, 0) is 12.8 Å². The van der Waals surface area contributed by atoms with Gasteiger partial charge in [-0.2, -0.15) is 0 Å². The van der Waals surface area contributed by atoms with Crippen LogP contribution < -0.4 is 5.32 Å². The monoisotopic (exact) mass is 418 g/mol. The molecule has 0 aliphatic carbocycles. The summed E-state index contributed by atoms with van der Waals surface area (Å²) in [6, 6.07) is 9.56. The predicted octanol–water partition coefficient (Wildman–Crippen LogP) is 4.11. The number of H-pyrrole nitrogens is 1. The van der Waals surface area contributed by atoms with E-state index >= 15 is 0 Å². The summed E-state index contributed by atoms with van der Waals surface area (Å²) >= 11 is 0. The van der Waals surface area contributed by atoms with Gasteiger partial charge in [-0.15, -0.1) is 0 Å². The number of piperidine rings is 1. The molecule has 6 nitrogen and oxygen atoms in total. The Morgan fingerprint density at radius 2 is 1.97 bits per heavy atom. The third-order valence-corrected chi connectivity index (χ3v) is 6.14. The molecule has 2 amide bonds. The van der Waals surface area contributed by atoms with Crippen molar-refractivity contribution in [3.8, 4) is 0 Å². The second-order valence-corrected chi connectivity index (χ2v) is 8.23. The van der Waals surface area contributed by atoms with Crippen LogP contribution in [0.1, 0.15) is 65.1 Å². The zero-order valence-corrected chi connectivity index (χ0v) is 18.3. The Morgan fingerprint density at radius 3 is 2.65 bits per heavy atom. The second-order valence-electron chi connectivity index (χ2n) is 8.23. The molecule has 1 saturated heterocycles. The van der Waals surface area contributed by atoms with E-state index in [0.717, 1.165) is 43.0 Å². The first-order valence-electron chi connectivity index (χ1n) is 11.2. The number of aromatic amines is 1. The highest BCUT2D eigenvalue weighted by molar-refractivity contribution is 5.99.